The summed E-state index contributed by atoms with van der Waals surface area (Å²) in [6.45, 7) is 5.38. The van der Waals surface area contributed by atoms with Crippen LogP contribution in [0.5, 0.6) is 5.75 Å². The van der Waals surface area contributed by atoms with Gasteiger partial charge in [0.25, 0.3) is 0 Å². The smallest absolute Gasteiger partial charge is 0.130 e. The molecule has 0 aliphatic carbocycles. The van der Waals surface area contributed by atoms with E-state index in [4.69, 9.17) is 16.3 Å². The molecule has 0 saturated heterocycles. The highest BCUT2D eigenvalue weighted by molar-refractivity contribution is 6.33. The van der Waals surface area contributed by atoms with E-state index in [0.29, 0.717) is 11.6 Å². The lowest BCUT2D eigenvalue weighted by atomic mass is 10.0. The first kappa shape index (κ1) is 19.0. The fourth-order valence-corrected chi connectivity index (χ4v) is 2.46. The molecule has 2 aromatic carbocycles. The summed E-state index contributed by atoms with van der Waals surface area (Å²) in [5.74, 6) is 0.816. The summed E-state index contributed by atoms with van der Waals surface area (Å²) >= 11 is 6.42. The van der Waals surface area contributed by atoms with E-state index in [1.165, 1.54) is 0 Å². The van der Waals surface area contributed by atoms with Crippen molar-refractivity contribution in [1.29, 1.82) is 0 Å². The van der Waals surface area contributed by atoms with Crippen LogP contribution in [0, 0.1) is 6.92 Å². The molecule has 0 saturated carbocycles. The van der Waals surface area contributed by atoms with Gasteiger partial charge in [0.05, 0.1) is 22.8 Å². The van der Waals surface area contributed by atoms with Crippen LogP contribution < -0.4 is 4.74 Å². The van der Waals surface area contributed by atoms with Crippen LogP contribution >= 0.6 is 11.6 Å². The Hall–Kier alpha value is -2.33. The van der Waals surface area contributed by atoms with Crippen LogP contribution in [0.3, 0.4) is 0 Å². The molecule has 5 heteroatoms. The predicted octanol–water partition coefficient (Wildman–Crippen LogP) is 4.76. The van der Waals surface area contributed by atoms with E-state index < -0.39 is 0 Å². The number of ether oxygens (including phenoxy) is 1. The van der Waals surface area contributed by atoms with Crippen molar-refractivity contribution in [3.05, 3.63) is 58.6 Å². The van der Waals surface area contributed by atoms with Crippen molar-refractivity contribution in [2.45, 2.75) is 13.8 Å². The van der Waals surface area contributed by atoms with E-state index in [1.54, 1.807) is 13.4 Å². The molecule has 0 fully saturated rings. The van der Waals surface area contributed by atoms with Gasteiger partial charge in [-0.15, -0.1) is 0 Å². The van der Waals surface area contributed by atoms with Gasteiger partial charge >= 0.3 is 0 Å². The van der Waals surface area contributed by atoms with Crippen molar-refractivity contribution in [2.75, 3.05) is 27.2 Å². The summed E-state index contributed by atoms with van der Waals surface area (Å²) in [5, 5.41) is 0.599. The maximum absolute atomic E-state index is 6.42. The lowest BCUT2D eigenvalue weighted by Crippen LogP contribution is -2.15. The fourth-order valence-electron chi connectivity index (χ4n) is 2.25. The van der Waals surface area contributed by atoms with Gasteiger partial charge in [-0.1, -0.05) is 29.8 Å². The molecular formula is C20H24ClN3O. The Bertz CT molecular complexity index is 757. The van der Waals surface area contributed by atoms with Gasteiger partial charge in [0.2, 0.25) is 0 Å². The van der Waals surface area contributed by atoms with E-state index in [-0.39, 0.29) is 0 Å². The lowest BCUT2D eigenvalue weighted by molar-refractivity contribution is 0.377. The lowest BCUT2D eigenvalue weighted by Gasteiger charge is -2.13. The van der Waals surface area contributed by atoms with Crippen molar-refractivity contribution >= 4 is 29.3 Å². The Morgan fingerprint density at radius 3 is 2.60 bits per heavy atom. The number of nitrogens with zero attached hydrogens (tertiary/aromatic N) is 3. The number of halogens is 1. The van der Waals surface area contributed by atoms with Crippen LogP contribution in [0.25, 0.3) is 0 Å². The molecule has 4 nitrogen and oxygen atoms in total. The molecule has 0 spiro atoms. The van der Waals surface area contributed by atoms with E-state index in [9.17, 15) is 0 Å². The number of aryl methyl sites for hydroxylation is 1. The minimum atomic E-state index is 0.388. The molecule has 0 aliphatic heterocycles. The van der Waals surface area contributed by atoms with Crippen LogP contribution in [-0.2, 0) is 0 Å². The Kier molecular flexibility index (Phi) is 7.02. The van der Waals surface area contributed by atoms with Gasteiger partial charge in [0, 0.05) is 26.2 Å². The number of hydrogen-bond acceptors (Lipinski definition) is 3. The summed E-state index contributed by atoms with van der Waals surface area (Å²) in [4.78, 5) is 10.8. The van der Waals surface area contributed by atoms with Crippen molar-refractivity contribution in [1.82, 2.24) is 4.90 Å². The highest BCUT2D eigenvalue weighted by Crippen LogP contribution is 2.29. The number of rotatable bonds is 7. The summed E-state index contributed by atoms with van der Waals surface area (Å²) in [7, 11) is 3.74. The van der Waals surface area contributed by atoms with Crippen LogP contribution in [0.2, 0.25) is 5.02 Å². The Labute approximate surface area is 154 Å². The molecule has 0 radical (unpaired) electrons. The molecule has 0 aliphatic rings. The zero-order chi connectivity index (χ0) is 18.2. The summed E-state index contributed by atoms with van der Waals surface area (Å²) < 4.78 is 5.82. The molecule has 2 aromatic rings. The van der Waals surface area contributed by atoms with Crippen LogP contribution in [-0.4, -0.2) is 44.2 Å². The second-order valence-electron chi connectivity index (χ2n) is 5.71. The maximum atomic E-state index is 6.42. The summed E-state index contributed by atoms with van der Waals surface area (Å²) in [6.07, 6.45) is 1.79. The topological polar surface area (TPSA) is 37.2 Å². The first-order valence-electron chi connectivity index (χ1n) is 8.23. The minimum absolute atomic E-state index is 0.388. The average Bonchev–Trinajstić information content (AvgIpc) is 2.63. The largest absolute Gasteiger partial charge is 0.487 e. The molecule has 2 rings (SSSR count). The molecule has 0 atom stereocenters. The number of hydrogen-bond donors (Lipinski definition) is 0. The Morgan fingerprint density at radius 2 is 1.96 bits per heavy atom. The van der Waals surface area contributed by atoms with Gasteiger partial charge in [0.1, 0.15) is 12.4 Å². The third-order valence-corrected chi connectivity index (χ3v) is 4.19. The molecule has 0 aromatic heterocycles. The molecule has 132 valence electrons. The second-order valence-corrected chi connectivity index (χ2v) is 6.12. The van der Waals surface area contributed by atoms with Crippen LogP contribution in [0.1, 0.15) is 18.1 Å². The third-order valence-electron chi connectivity index (χ3n) is 3.89. The molecule has 0 bridgehead atoms. The average molecular weight is 358 g/mol. The van der Waals surface area contributed by atoms with Gasteiger partial charge in [-0.2, -0.15) is 0 Å². The summed E-state index contributed by atoms with van der Waals surface area (Å²) in [5.41, 5.74) is 3.64. The van der Waals surface area contributed by atoms with Crippen LogP contribution in [0.15, 0.2) is 52.4 Å². The zero-order valence-corrected chi connectivity index (χ0v) is 15.9. The Morgan fingerprint density at radius 1 is 1.24 bits per heavy atom. The highest BCUT2D eigenvalue weighted by Gasteiger charge is 2.11. The second kappa shape index (κ2) is 9.23. The standard InChI is InChI=1S/C20H24ClN3O/c1-5-24(4)14-23-19-11-15(2)17(12-18(19)21)20(22-3)13-25-16-9-7-6-8-10-16/h6-12,14H,5,13H2,1-4H3/b22-20+,23-14-. The molecule has 0 amide bonds. The first-order valence-corrected chi connectivity index (χ1v) is 8.61. The molecule has 0 N–H and O–H groups in total. The number of para-hydroxylation sites is 1. The molecular weight excluding hydrogens is 334 g/mol. The SMILES string of the molecule is CCN(C)/C=N\c1cc(C)c(/C(COc2ccccc2)=N/C)cc1Cl. The first-order chi connectivity index (χ1) is 12.0. The van der Waals surface area contributed by atoms with Gasteiger partial charge in [-0.3, -0.25) is 4.99 Å². The molecule has 0 heterocycles. The van der Waals surface area contributed by atoms with Gasteiger partial charge in [0.15, 0.2) is 0 Å². The normalized spacial score (nSPS) is 11.8. The van der Waals surface area contributed by atoms with E-state index in [1.807, 2.05) is 61.3 Å². The molecule has 0 unspecified atom stereocenters. The monoisotopic (exact) mass is 357 g/mol. The maximum Gasteiger partial charge on any atom is 0.130 e. The third kappa shape index (κ3) is 5.33. The van der Waals surface area contributed by atoms with Crippen molar-refractivity contribution in [2.24, 2.45) is 9.98 Å². The highest BCUT2D eigenvalue weighted by atomic mass is 35.5. The van der Waals surface area contributed by atoms with Crippen molar-refractivity contribution in [3.63, 3.8) is 0 Å². The van der Waals surface area contributed by atoms with Crippen molar-refractivity contribution < 1.29 is 4.74 Å². The fraction of sp³-hybridized carbons (Fsp3) is 0.300. The zero-order valence-electron chi connectivity index (χ0n) is 15.2. The van der Waals surface area contributed by atoms with E-state index >= 15 is 0 Å². The Balaban J connectivity index is 2.19. The number of aliphatic imine (C=N–C) groups is 2. The van der Waals surface area contributed by atoms with Gasteiger partial charge < -0.3 is 9.64 Å². The van der Waals surface area contributed by atoms with Gasteiger partial charge in [-0.05, 0) is 43.7 Å². The number of benzene rings is 2. The molecule has 25 heavy (non-hydrogen) atoms. The summed E-state index contributed by atoms with van der Waals surface area (Å²) in [6, 6.07) is 13.6. The quantitative estimate of drug-likeness (QED) is 0.529. The van der Waals surface area contributed by atoms with E-state index in [0.717, 1.165) is 34.8 Å². The van der Waals surface area contributed by atoms with Gasteiger partial charge in [-0.25, -0.2) is 4.99 Å². The predicted molar refractivity (Wildman–Crippen MR) is 107 cm³/mol. The van der Waals surface area contributed by atoms with Crippen molar-refractivity contribution in [3.8, 4) is 5.75 Å². The van der Waals surface area contributed by atoms with Crippen LogP contribution in [0.4, 0.5) is 5.69 Å². The minimum Gasteiger partial charge on any atom is -0.487 e. The van der Waals surface area contributed by atoms with E-state index in [2.05, 4.69) is 16.9 Å².